The van der Waals surface area contributed by atoms with Gasteiger partial charge in [-0.3, -0.25) is 9.59 Å². The van der Waals surface area contributed by atoms with Gasteiger partial charge in [-0.2, -0.15) is 0 Å². The number of pyridine rings is 1. The van der Waals surface area contributed by atoms with Crippen LogP contribution >= 0.6 is 11.6 Å². The van der Waals surface area contributed by atoms with Crippen LogP contribution in [-0.2, 0) is 16.6 Å². The van der Waals surface area contributed by atoms with Gasteiger partial charge in [0.05, 0.1) is 0 Å². The number of hydrogen-bond donors (Lipinski definition) is 1. The number of esters is 1. The van der Waals surface area contributed by atoms with E-state index in [9.17, 15) is 14.4 Å². The van der Waals surface area contributed by atoms with Gasteiger partial charge in [0.15, 0.2) is 6.61 Å². The molecule has 7 heteroatoms. The molecule has 0 spiro atoms. The van der Waals surface area contributed by atoms with E-state index in [2.05, 4.69) is 5.32 Å². The molecule has 0 aliphatic carbocycles. The summed E-state index contributed by atoms with van der Waals surface area (Å²) in [4.78, 5) is 38.4. The summed E-state index contributed by atoms with van der Waals surface area (Å²) in [5, 5.41) is 4.33. The summed E-state index contributed by atoms with van der Waals surface area (Å²) >= 11 is 6.05. The smallest absolute Gasteiger partial charge is 0.356 e. The van der Waals surface area contributed by atoms with Crippen LogP contribution in [0, 0.1) is 6.92 Å². The lowest BCUT2D eigenvalue weighted by Gasteiger charge is -2.17. The van der Waals surface area contributed by atoms with Crippen molar-refractivity contribution in [2.45, 2.75) is 6.92 Å². The zero-order chi connectivity index (χ0) is 23.5. The highest BCUT2D eigenvalue weighted by Crippen LogP contribution is 2.31. The Labute approximate surface area is 195 Å². The molecule has 6 nitrogen and oxygen atoms in total. The molecule has 1 amide bonds. The van der Waals surface area contributed by atoms with Crippen LogP contribution in [0.1, 0.15) is 16.1 Å². The van der Waals surface area contributed by atoms with Gasteiger partial charge in [-0.15, -0.1) is 0 Å². The first kappa shape index (κ1) is 22.3. The summed E-state index contributed by atoms with van der Waals surface area (Å²) in [7, 11) is 1.51. The molecule has 0 aliphatic rings. The van der Waals surface area contributed by atoms with E-state index in [-0.39, 0.29) is 11.3 Å². The highest BCUT2D eigenvalue weighted by atomic mass is 35.5. The van der Waals surface area contributed by atoms with E-state index in [1.165, 1.54) is 11.6 Å². The lowest BCUT2D eigenvalue weighted by Crippen LogP contribution is -2.28. The van der Waals surface area contributed by atoms with E-state index in [1.54, 1.807) is 54.6 Å². The highest BCUT2D eigenvalue weighted by Gasteiger charge is 2.23. The van der Waals surface area contributed by atoms with Crippen LogP contribution in [0.4, 0.5) is 5.69 Å². The van der Waals surface area contributed by atoms with Gasteiger partial charge < -0.3 is 14.6 Å². The molecule has 3 aromatic carbocycles. The quantitative estimate of drug-likeness (QED) is 0.427. The van der Waals surface area contributed by atoms with Gasteiger partial charge in [-0.25, -0.2) is 4.79 Å². The third-order valence-electron chi connectivity index (χ3n) is 5.27. The van der Waals surface area contributed by atoms with Crippen molar-refractivity contribution in [3.05, 3.63) is 99.4 Å². The molecule has 0 saturated carbocycles. The lowest BCUT2D eigenvalue weighted by atomic mass is 9.97. The molecule has 0 saturated heterocycles. The maximum Gasteiger partial charge on any atom is 0.356 e. The summed E-state index contributed by atoms with van der Waals surface area (Å²) in [6, 6.07) is 21.3. The number of nitrogens with zero attached hydrogens (tertiary/aromatic N) is 1. The average molecular weight is 461 g/mol. The maximum atomic E-state index is 13.1. The Morgan fingerprint density at radius 2 is 1.67 bits per heavy atom. The molecule has 0 aliphatic heterocycles. The molecule has 33 heavy (non-hydrogen) atoms. The van der Waals surface area contributed by atoms with Crippen molar-refractivity contribution in [3.8, 4) is 11.1 Å². The molecule has 0 radical (unpaired) electrons. The minimum Gasteiger partial charge on any atom is -0.451 e. The molecule has 0 bridgehead atoms. The Balaban J connectivity index is 1.70. The maximum absolute atomic E-state index is 13.1. The predicted octanol–water partition coefficient (Wildman–Crippen LogP) is 4.96. The van der Waals surface area contributed by atoms with Crippen LogP contribution in [0.2, 0.25) is 5.02 Å². The van der Waals surface area contributed by atoms with Crippen molar-refractivity contribution in [1.29, 1.82) is 0 Å². The number of halogens is 1. The van der Waals surface area contributed by atoms with E-state index in [1.807, 2.05) is 25.1 Å². The first-order valence-electron chi connectivity index (χ1n) is 10.3. The Morgan fingerprint density at radius 3 is 2.36 bits per heavy atom. The molecule has 0 fully saturated rings. The van der Waals surface area contributed by atoms with Crippen LogP contribution < -0.4 is 10.9 Å². The van der Waals surface area contributed by atoms with Crippen molar-refractivity contribution >= 4 is 39.9 Å². The van der Waals surface area contributed by atoms with Crippen molar-refractivity contribution < 1.29 is 14.3 Å². The fourth-order valence-corrected chi connectivity index (χ4v) is 3.86. The Hall–Kier alpha value is -3.90. The van der Waals surface area contributed by atoms with E-state index < -0.39 is 18.5 Å². The number of anilines is 1. The number of benzene rings is 3. The van der Waals surface area contributed by atoms with E-state index >= 15 is 0 Å². The van der Waals surface area contributed by atoms with Crippen molar-refractivity contribution in [1.82, 2.24) is 4.57 Å². The number of carbonyl (C=O) groups excluding carboxylic acids is 2. The highest BCUT2D eigenvalue weighted by molar-refractivity contribution is 6.30. The van der Waals surface area contributed by atoms with Gasteiger partial charge in [0, 0.05) is 28.7 Å². The van der Waals surface area contributed by atoms with Gasteiger partial charge in [0.2, 0.25) is 0 Å². The summed E-state index contributed by atoms with van der Waals surface area (Å²) in [5.41, 5.74) is 2.55. The average Bonchev–Trinajstić information content (AvgIpc) is 2.80. The molecule has 166 valence electrons. The molecule has 4 rings (SSSR count). The molecule has 1 N–H and O–H groups in total. The summed E-state index contributed by atoms with van der Waals surface area (Å²) < 4.78 is 6.58. The molecule has 1 heterocycles. The molecular formula is C26H21ClN2O4. The number of rotatable bonds is 5. The minimum atomic E-state index is -0.773. The molecule has 0 unspecified atom stereocenters. The van der Waals surface area contributed by atoms with Gasteiger partial charge in [0.1, 0.15) is 5.69 Å². The molecule has 0 atom stereocenters. The Kier molecular flexibility index (Phi) is 6.29. The Morgan fingerprint density at radius 1 is 0.970 bits per heavy atom. The first-order chi connectivity index (χ1) is 15.8. The SMILES string of the molecule is Cc1cccc(NC(=O)COC(=O)c2c(-c3ccc(Cl)cc3)c3ccccc3c(=O)n2C)c1. The predicted molar refractivity (Wildman–Crippen MR) is 130 cm³/mol. The first-order valence-corrected chi connectivity index (χ1v) is 10.6. The second-order valence-electron chi connectivity index (χ2n) is 7.63. The second-order valence-corrected chi connectivity index (χ2v) is 8.07. The fourth-order valence-electron chi connectivity index (χ4n) is 3.73. The van der Waals surface area contributed by atoms with Crippen molar-refractivity contribution in [3.63, 3.8) is 0 Å². The Bertz CT molecular complexity index is 1420. The largest absolute Gasteiger partial charge is 0.451 e. The van der Waals surface area contributed by atoms with Crippen molar-refractivity contribution in [2.24, 2.45) is 7.05 Å². The molecule has 1 aromatic heterocycles. The minimum absolute atomic E-state index is 0.0596. The monoisotopic (exact) mass is 460 g/mol. The third kappa shape index (κ3) is 4.66. The van der Waals surface area contributed by atoms with Gasteiger partial charge in [-0.05, 0) is 53.8 Å². The molecular weight excluding hydrogens is 440 g/mol. The number of fused-ring (bicyclic) bond motifs is 1. The van der Waals surface area contributed by atoms with Gasteiger partial charge >= 0.3 is 5.97 Å². The van der Waals surface area contributed by atoms with E-state index in [4.69, 9.17) is 16.3 Å². The number of hydrogen-bond acceptors (Lipinski definition) is 4. The van der Waals surface area contributed by atoms with Crippen LogP contribution in [0.15, 0.2) is 77.6 Å². The van der Waals surface area contributed by atoms with Crippen LogP contribution in [-0.4, -0.2) is 23.1 Å². The van der Waals surface area contributed by atoms with Crippen LogP contribution in [0.25, 0.3) is 21.9 Å². The standard InChI is InChI=1S/C26H21ClN2O4/c1-16-6-5-7-19(14-16)28-22(30)15-33-26(32)24-23(17-10-12-18(27)13-11-17)20-8-3-4-9-21(20)25(31)29(24)2/h3-14H,15H2,1-2H3,(H,28,30). The van der Waals surface area contributed by atoms with Crippen molar-refractivity contribution in [2.75, 3.05) is 11.9 Å². The summed E-state index contributed by atoms with van der Waals surface area (Å²) in [5.74, 6) is -1.25. The number of carbonyl (C=O) groups is 2. The summed E-state index contributed by atoms with van der Waals surface area (Å²) in [6.07, 6.45) is 0. The van der Waals surface area contributed by atoms with Crippen LogP contribution in [0.5, 0.6) is 0 Å². The lowest BCUT2D eigenvalue weighted by molar-refractivity contribution is -0.119. The number of nitrogens with one attached hydrogen (secondary N) is 1. The number of amides is 1. The normalized spacial score (nSPS) is 10.8. The zero-order valence-electron chi connectivity index (χ0n) is 18.1. The topological polar surface area (TPSA) is 77.4 Å². The van der Waals surface area contributed by atoms with E-state index in [0.29, 0.717) is 32.6 Å². The van der Waals surface area contributed by atoms with Gasteiger partial charge in [-0.1, -0.05) is 54.1 Å². The fraction of sp³-hybridized carbons (Fsp3) is 0.115. The van der Waals surface area contributed by atoms with Crippen LogP contribution in [0.3, 0.4) is 0 Å². The number of aryl methyl sites for hydroxylation is 1. The number of aromatic nitrogens is 1. The second kappa shape index (κ2) is 9.30. The molecule has 4 aromatic rings. The zero-order valence-corrected chi connectivity index (χ0v) is 18.8. The summed E-state index contributed by atoms with van der Waals surface area (Å²) in [6.45, 7) is 1.42. The van der Waals surface area contributed by atoms with Gasteiger partial charge in [0.25, 0.3) is 11.5 Å². The van der Waals surface area contributed by atoms with E-state index in [0.717, 1.165) is 5.56 Å². The third-order valence-corrected chi connectivity index (χ3v) is 5.52. The number of ether oxygens (including phenoxy) is 1.